The van der Waals surface area contributed by atoms with Crippen molar-refractivity contribution in [1.82, 2.24) is 4.90 Å². The normalized spacial score (nSPS) is 11.8. The van der Waals surface area contributed by atoms with Gasteiger partial charge in [0.15, 0.2) is 0 Å². The van der Waals surface area contributed by atoms with E-state index in [2.05, 4.69) is 29.2 Å². The molecular weight excluding hydrogens is 309 g/mol. The molecule has 124 valence electrons. The first-order valence-electron chi connectivity index (χ1n) is 7.74. The molecule has 0 aromatic heterocycles. The number of aliphatic hydroxyl groups is 2. The molecule has 5 heteroatoms. The van der Waals surface area contributed by atoms with Crippen molar-refractivity contribution in [2.45, 2.75) is 13.1 Å². The SMILES string of the molecule is O=P(CO)(CO)CCN(Cc1ccccc1)Cc1ccccc1. The molecule has 0 unspecified atom stereocenters. The summed E-state index contributed by atoms with van der Waals surface area (Å²) in [6.07, 6.45) is -0.554. The van der Waals surface area contributed by atoms with Crippen molar-refractivity contribution in [2.75, 3.05) is 25.4 Å². The van der Waals surface area contributed by atoms with Gasteiger partial charge in [-0.05, 0) is 11.1 Å². The first-order chi connectivity index (χ1) is 11.1. The Labute approximate surface area is 137 Å². The number of nitrogens with zero attached hydrogens (tertiary/aromatic N) is 1. The quantitative estimate of drug-likeness (QED) is 0.693. The van der Waals surface area contributed by atoms with Gasteiger partial charge in [-0.2, -0.15) is 0 Å². The lowest BCUT2D eigenvalue weighted by atomic mass is 10.1. The van der Waals surface area contributed by atoms with Gasteiger partial charge in [0.1, 0.15) is 7.14 Å². The Morgan fingerprint density at radius 3 is 1.61 bits per heavy atom. The zero-order valence-electron chi connectivity index (χ0n) is 13.2. The van der Waals surface area contributed by atoms with Crippen molar-refractivity contribution < 1.29 is 14.8 Å². The summed E-state index contributed by atoms with van der Waals surface area (Å²) in [7, 11) is -2.88. The fourth-order valence-corrected chi connectivity index (χ4v) is 3.43. The predicted octanol–water partition coefficient (Wildman–Crippen LogP) is 2.95. The largest absolute Gasteiger partial charge is 0.389 e. The monoisotopic (exact) mass is 333 g/mol. The van der Waals surface area contributed by atoms with Crippen LogP contribution in [0.4, 0.5) is 0 Å². The van der Waals surface area contributed by atoms with Gasteiger partial charge in [-0.1, -0.05) is 60.7 Å². The molecule has 0 bridgehead atoms. The summed E-state index contributed by atoms with van der Waals surface area (Å²) >= 11 is 0. The van der Waals surface area contributed by atoms with E-state index < -0.39 is 19.8 Å². The molecule has 0 heterocycles. The highest BCUT2D eigenvalue weighted by Gasteiger charge is 2.21. The van der Waals surface area contributed by atoms with E-state index in [-0.39, 0.29) is 0 Å². The lowest BCUT2D eigenvalue weighted by molar-refractivity contribution is 0.267. The fraction of sp³-hybridized carbons (Fsp3) is 0.333. The minimum absolute atomic E-state index is 0.319. The van der Waals surface area contributed by atoms with Gasteiger partial charge in [0.2, 0.25) is 0 Å². The fourth-order valence-electron chi connectivity index (χ4n) is 2.41. The third-order valence-electron chi connectivity index (χ3n) is 3.84. The third kappa shape index (κ3) is 5.92. The van der Waals surface area contributed by atoms with Gasteiger partial charge in [0, 0.05) is 25.8 Å². The Morgan fingerprint density at radius 2 is 1.22 bits per heavy atom. The minimum Gasteiger partial charge on any atom is -0.389 e. The van der Waals surface area contributed by atoms with Crippen LogP contribution < -0.4 is 0 Å². The second-order valence-corrected chi connectivity index (χ2v) is 8.88. The smallest absolute Gasteiger partial charge is 0.137 e. The highest BCUT2D eigenvalue weighted by molar-refractivity contribution is 7.63. The number of rotatable bonds is 9. The molecule has 0 amide bonds. The van der Waals surface area contributed by atoms with Gasteiger partial charge in [-0.25, -0.2) is 0 Å². The Kier molecular flexibility index (Phi) is 7.00. The summed E-state index contributed by atoms with van der Waals surface area (Å²) < 4.78 is 12.2. The van der Waals surface area contributed by atoms with Crippen molar-refractivity contribution >= 4 is 7.14 Å². The molecule has 0 saturated heterocycles. The van der Waals surface area contributed by atoms with Crippen molar-refractivity contribution in [1.29, 1.82) is 0 Å². The first kappa shape index (κ1) is 17.9. The maximum Gasteiger partial charge on any atom is 0.137 e. The molecule has 0 saturated carbocycles. The highest BCUT2D eigenvalue weighted by Crippen LogP contribution is 2.42. The van der Waals surface area contributed by atoms with Crippen molar-refractivity contribution in [2.24, 2.45) is 0 Å². The van der Waals surface area contributed by atoms with Crippen LogP contribution in [0.25, 0.3) is 0 Å². The molecule has 4 nitrogen and oxygen atoms in total. The van der Waals surface area contributed by atoms with Gasteiger partial charge in [-0.3, -0.25) is 4.90 Å². The van der Waals surface area contributed by atoms with Gasteiger partial charge in [0.25, 0.3) is 0 Å². The topological polar surface area (TPSA) is 60.8 Å². The zero-order valence-corrected chi connectivity index (χ0v) is 14.1. The third-order valence-corrected chi connectivity index (χ3v) is 5.88. The molecule has 0 aliphatic carbocycles. The summed E-state index contributed by atoms with van der Waals surface area (Å²) in [5.74, 6) is 0. The van der Waals surface area contributed by atoms with E-state index in [1.54, 1.807) is 0 Å². The van der Waals surface area contributed by atoms with E-state index in [4.69, 9.17) is 0 Å². The lowest BCUT2D eigenvalue weighted by Gasteiger charge is -2.24. The average molecular weight is 333 g/mol. The van der Waals surface area contributed by atoms with Crippen molar-refractivity contribution in [3.63, 3.8) is 0 Å². The van der Waals surface area contributed by atoms with E-state index in [9.17, 15) is 14.8 Å². The summed E-state index contributed by atoms with van der Waals surface area (Å²) in [6.45, 7) is 2.06. The van der Waals surface area contributed by atoms with Crippen molar-refractivity contribution in [3.05, 3.63) is 71.8 Å². The predicted molar refractivity (Wildman–Crippen MR) is 93.6 cm³/mol. The number of hydrogen-bond donors (Lipinski definition) is 2. The van der Waals surface area contributed by atoms with Gasteiger partial charge in [-0.15, -0.1) is 0 Å². The Hall–Kier alpha value is -1.45. The molecule has 0 fully saturated rings. The Bertz CT molecular complexity index is 569. The minimum atomic E-state index is -2.88. The second kappa shape index (κ2) is 8.99. The average Bonchev–Trinajstić information content (AvgIpc) is 2.61. The summed E-state index contributed by atoms with van der Waals surface area (Å²) in [6, 6.07) is 20.2. The van der Waals surface area contributed by atoms with E-state index in [0.717, 1.165) is 13.1 Å². The molecule has 23 heavy (non-hydrogen) atoms. The van der Waals surface area contributed by atoms with Crippen LogP contribution in [-0.2, 0) is 17.7 Å². The number of benzene rings is 2. The molecule has 0 atom stereocenters. The molecule has 2 N–H and O–H groups in total. The summed E-state index contributed by atoms with van der Waals surface area (Å²) in [5, 5.41) is 18.5. The van der Waals surface area contributed by atoms with Crippen LogP contribution in [0, 0.1) is 0 Å². The molecule has 0 spiro atoms. The Morgan fingerprint density at radius 1 is 0.783 bits per heavy atom. The van der Waals surface area contributed by atoms with E-state index in [1.165, 1.54) is 11.1 Å². The number of aliphatic hydroxyl groups excluding tert-OH is 2. The second-order valence-electron chi connectivity index (χ2n) is 5.75. The van der Waals surface area contributed by atoms with Crippen LogP contribution in [0.1, 0.15) is 11.1 Å². The lowest BCUT2D eigenvalue weighted by Crippen LogP contribution is -2.26. The molecule has 0 aliphatic rings. The highest BCUT2D eigenvalue weighted by atomic mass is 31.2. The molecule has 0 radical (unpaired) electrons. The van der Waals surface area contributed by atoms with Crippen LogP contribution >= 0.6 is 7.14 Å². The molecule has 2 rings (SSSR count). The maximum absolute atomic E-state index is 12.2. The van der Waals surface area contributed by atoms with Crippen LogP contribution in [0.3, 0.4) is 0 Å². The van der Waals surface area contributed by atoms with Crippen molar-refractivity contribution in [3.8, 4) is 0 Å². The maximum atomic E-state index is 12.2. The van der Waals surface area contributed by atoms with Crippen LogP contribution in [0.5, 0.6) is 0 Å². The van der Waals surface area contributed by atoms with Crippen LogP contribution in [-0.4, -0.2) is 40.5 Å². The Balaban J connectivity index is 2.06. The van der Waals surface area contributed by atoms with Crippen LogP contribution in [0.15, 0.2) is 60.7 Å². The van der Waals surface area contributed by atoms with Gasteiger partial charge >= 0.3 is 0 Å². The molecule has 2 aromatic rings. The zero-order chi connectivity index (χ0) is 16.5. The van der Waals surface area contributed by atoms with Gasteiger partial charge in [0.05, 0.1) is 12.7 Å². The molecule has 0 aliphatic heterocycles. The standard InChI is InChI=1S/C18H24NO3P/c20-15-23(22,16-21)12-11-19(13-17-7-3-1-4-8-17)14-18-9-5-2-6-10-18/h1-10,20-21H,11-16H2. The first-order valence-corrected chi connectivity index (χ1v) is 10.0. The number of hydrogen-bond acceptors (Lipinski definition) is 4. The molecule has 2 aromatic carbocycles. The van der Waals surface area contributed by atoms with Crippen LogP contribution in [0.2, 0.25) is 0 Å². The molecular formula is C18H24NO3P. The van der Waals surface area contributed by atoms with E-state index in [1.807, 2.05) is 36.4 Å². The summed E-state index contributed by atoms with van der Waals surface area (Å²) in [4.78, 5) is 2.20. The summed E-state index contributed by atoms with van der Waals surface area (Å²) in [5.41, 5.74) is 2.37. The van der Waals surface area contributed by atoms with E-state index >= 15 is 0 Å². The van der Waals surface area contributed by atoms with Gasteiger partial charge < -0.3 is 14.8 Å². The van der Waals surface area contributed by atoms with E-state index in [0.29, 0.717) is 12.7 Å².